The first-order valence-corrected chi connectivity index (χ1v) is 10.3. The summed E-state index contributed by atoms with van der Waals surface area (Å²) in [6.07, 6.45) is -3.48. The van der Waals surface area contributed by atoms with E-state index in [4.69, 9.17) is 10.3 Å². The van der Waals surface area contributed by atoms with E-state index in [1.54, 1.807) is 6.92 Å². The van der Waals surface area contributed by atoms with Crippen molar-refractivity contribution in [1.82, 2.24) is 19.9 Å². The van der Waals surface area contributed by atoms with Gasteiger partial charge in [0, 0.05) is 41.7 Å². The van der Waals surface area contributed by atoms with Crippen LogP contribution >= 0.6 is 0 Å². The molecule has 0 aromatic carbocycles. The molecule has 1 fully saturated rings. The standard InChI is InChI=1S/C20H22F3N7O4/c1-12-25-9-14(17(27-12)13-5-7-30(8-6-13)18(31)32)19(33,10-26-29-24)11-34-16-4-2-3-15(28-16)20(21,22)23/h2-4,9,13,33H,5-8,10-11H2,1H3,(H,31,32). The van der Waals surface area contributed by atoms with E-state index < -0.39 is 36.7 Å². The molecular weight excluding hydrogens is 459 g/mol. The molecule has 0 radical (unpaired) electrons. The van der Waals surface area contributed by atoms with Crippen molar-refractivity contribution in [1.29, 1.82) is 0 Å². The Bertz CT molecular complexity index is 1090. The minimum atomic E-state index is -4.68. The van der Waals surface area contributed by atoms with Crippen molar-refractivity contribution in [2.24, 2.45) is 5.11 Å². The molecule has 0 aliphatic carbocycles. The highest BCUT2D eigenvalue weighted by Crippen LogP contribution is 2.35. The number of rotatable bonds is 7. The fourth-order valence-electron chi connectivity index (χ4n) is 3.71. The largest absolute Gasteiger partial charge is 0.474 e. The number of aromatic nitrogens is 3. The molecule has 0 saturated carbocycles. The number of pyridine rings is 1. The van der Waals surface area contributed by atoms with Crippen molar-refractivity contribution >= 4 is 6.09 Å². The average molecular weight is 481 g/mol. The lowest BCUT2D eigenvalue weighted by atomic mass is 9.85. The number of hydrogen-bond acceptors (Lipinski definition) is 7. The number of ether oxygens (including phenoxy) is 1. The second kappa shape index (κ2) is 10.1. The van der Waals surface area contributed by atoms with Crippen molar-refractivity contribution < 1.29 is 32.9 Å². The molecule has 0 spiro atoms. The molecule has 0 bridgehead atoms. The van der Waals surface area contributed by atoms with Gasteiger partial charge in [0.25, 0.3) is 0 Å². The predicted octanol–water partition coefficient (Wildman–Crippen LogP) is 3.63. The van der Waals surface area contributed by atoms with Crippen LogP contribution in [0.5, 0.6) is 5.88 Å². The summed E-state index contributed by atoms with van der Waals surface area (Å²) in [5.41, 5.74) is 6.30. The number of carbonyl (C=O) groups is 1. The number of aliphatic hydroxyl groups is 1. The summed E-state index contributed by atoms with van der Waals surface area (Å²) in [5.74, 6) is -0.193. The number of azide groups is 1. The number of halogens is 3. The zero-order chi connectivity index (χ0) is 24.9. The Balaban J connectivity index is 1.91. The van der Waals surface area contributed by atoms with Crippen molar-refractivity contribution in [3.05, 3.63) is 57.6 Å². The molecule has 1 atom stereocenters. The summed E-state index contributed by atoms with van der Waals surface area (Å²) in [4.78, 5) is 27.2. The molecule has 1 aliphatic rings. The van der Waals surface area contributed by atoms with Crippen LogP contribution in [0, 0.1) is 6.92 Å². The molecule has 1 unspecified atom stereocenters. The van der Waals surface area contributed by atoms with Crippen LogP contribution in [0.15, 0.2) is 29.5 Å². The van der Waals surface area contributed by atoms with E-state index in [1.165, 1.54) is 17.2 Å². The Hall–Kier alpha value is -3.64. The van der Waals surface area contributed by atoms with E-state index >= 15 is 0 Å². The Labute approximate surface area is 191 Å². The molecule has 2 aromatic rings. The van der Waals surface area contributed by atoms with Gasteiger partial charge >= 0.3 is 12.3 Å². The Kier molecular flexibility index (Phi) is 7.42. The lowest BCUT2D eigenvalue weighted by Crippen LogP contribution is -2.40. The topological polar surface area (TPSA) is 157 Å². The molecule has 14 heteroatoms. The molecule has 11 nitrogen and oxygen atoms in total. The summed E-state index contributed by atoms with van der Waals surface area (Å²) in [6, 6.07) is 3.11. The summed E-state index contributed by atoms with van der Waals surface area (Å²) in [5, 5.41) is 24.1. The summed E-state index contributed by atoms with van der Waals surface area (Å²) < 4.78 is 44.3. The van der Waals surface area contributed by atoms with Gasteiger partial charge in [0.1, 0.15) is 23.7 Å². The number of nitrogens with zero attached hydrogens (tertiary/aromatic N) is 7. The number of hydrogen-bond donors (Lipinski definition) is 2. The number of carboxylic acid groups (broad SMARTS) is 1. The number of piperidine rings is 1. The number of alkyl halides is 3. The maximum absolute atomic E-state index is 13.0. The fraction of sp³-hybridized carbons (Fsp3) is 0.500. The first kappa shape index (κ1) is 25.0. The SMILES string of the molecule is Cc1ncc(C(O)(CN=[N+]=[N-])COc2cccc(C(F)(F)F)n2)c(C2CCN(C(=O)O)CC2)n1. The van der Waals surface area contributed by atoms with Crippen molar-refractivity contribution in [2.45, 2.75) is 37.5 Å². The van der Waals surface area contributed by atoms with Crippen LogP contribution in [-0.4, -0.2) is 62.4 Å². The van der Waals surface area contributed by atoms with Crippen LogP contribution in [0.3, 0.4) is 0 Å². The quantitative estimate of drug-likeness (QED) is 0.347. The van der Waals surface area contributed by atoms with Gasteiger partial charge in [0.15, 0.2) is 0 Å². The highest BCUT2D eigenvalue weighted by molar-refractivity contribution is 5.65. The maximum Gasteiger partial charge on any atom is 0.433 e. The van der Waals surface area contributed by atoms with Gasteiger partial charge in [-0.15, -0.1) is 0 Å². The predicted molar refractivity (Wildman–Crippen MR) is 111 cm³/mol. The van der Waals surface area contributed by atoms with Crippen LogP contribution in [0.1, 0.15) is 41.5 Å². The molecule has 34 heavy (non-hydrogen) atoms. The van der Waals surface area contributed by atoms with Crippen molar-refractivity contribution in [2.75, 3.05) is 26.2 Å². The first-order chi connectivity index (χ1) is 16.0. The summed E-state index contributed by atoms with van der Waals surface area (Å²) >= 11 is 0. The second-order valence-electron chi connectivity index (χ2n) is 7.83. The maximum atomic E-state index is 13.0. The average Bonchev–Trinajstić information content (AvgIpc) is 2.81. The Morgan fingerprint density at radius 3 is 2.65 bits per heavy atom. The van der Waals surface area contributed by atoms with E-state index in [0.29, 0.717) is 24.4 Å². The van der Waals surface area contributed by atoms with Gasteiger partial charge in [-0.2, -0.15) is 13.2 Å². The molecule has 2 aromatic heterocycles. The normalized spacial score (nSPS) is 16.4. The first-order valence-electron chi connectivity index (χ1n) is 10.3. The zero-order valence-electron chi connectivity index (χ0n) is 18.1. The molecule has 3 heterocycles. The Morgan fingerprint density at radius 1 is 1.32 bits per heavy atom. The van der Waals surface area contributed by atoms with Gasteiger partial charge in [-0.1, -0.05) is 11.2 Å². The third-order valence-corrected chi connectivity index (χ3v) is 5.46. The van der Waals surface area contributed by atoms with E-state index in [-0.39, 0.29) is 30.5 Å². The van der Waals surface area contributed by atoms with E-state index in [1.807, 2.05) is 0 Å². The Morgan fingerprint density at radius 2 is 2.03 bits per heavy atom. The third kappa shape index (κ3) is 5.83. The minimum Gasteiger partial charge on any atom is -0.474 e. The minimum absolute atomic E-state index is 0.186. The molecule has 1 amide bonds. The highest BCUT2D eigenvalue weighted by atomic mass is 19.4. The second-order valence-corrected chi connectivity index (χ2v) is 7.83. The fourth-order valence-corrected chi connectivity index (χ4v) is 3.71. The van der Waals surface area contributed by atoms with Gasteiger partial charge in [0.2, 0.25) is 5.88 Å². The van der Waals surface area contributed by atoms with Gasteiger partial charge in [0.05, 0.1) is 12.2 Å². The van der Waals surface area contributed by atoms with Crippen LogP contribution in [0.2, 0.25) is 0 Å². The van der Waals surface area contributed by atoms with Crippen molar-refractivity contribution in [3.8, 4) is 5.88 Å². The van der Waals surface area contributed by atoms with Crippen LogP contribution in [-0.2, 0) is 11.8 Å². The third-order valence-electron chi connectivity index (χ3n) is 5.46. The molecule has 3 rings (SSSR count). The van der Waals surface area contributed by atoms with Gasteiger partial charge in [-0.25, -0.2) is 19.7 Å². The number of likely N-dealkylation sites (tertiary alicyclic amines) is 1. The van der Waals surface area contributed by atoms with E-state index in [2.05, 4.69) is 25.0 Å². The van der Waals surface area contributed by atoms with Gasteiger partial charge in [-0.05, 0) is 31.4 Å². The molecular formula is C20H22F3N7O4. The molecule has 1 saturated heterocycles. The summed E-state index contributed by atoms with van der Waals surface area (Å²) in [7, 11) is 0. The van der Waals surface area contributed by atoms with Gasteiger partial charge in [-0.3, -0.25) is 0 Å². The monoisotopic (exact) mass is 481 g/mol. The zero-order valence-corrected chi connectivity index (χ0v) is 18.1. The number of amides is 1. The van der Waals surface area contributed by atoms with Crippen LogP contribution in [0.25, 0.3) is 10.4 Å². The lowest BCUT2D eigenvalue weighted by molar-refractivity contribution is -0.141. The number of aryl methyl sites for hydroxylation is 1. The molecule has 1 aliphatic heterocycles. The van der Waals surface area contributed by atoms with Crippen LogP contribution < -0.4 is 4.74 Å². The van der Waals surface area contributed by atoms with E-state index in [9.17, 15) is 28.2 Å². The molecule has 182 valence electrons. The van der Waals surface area contributed by atoms with Gasteiger partial charge < -0.3 is 19.8 Å². The molecule has 2 N–H and O–H groups in total. The van der Waals surface area contributed by atoms with Crippen LogP contribution in [0.4, 0.5) is 18.0 Å². The van der Waals surface area contributed by atoms with E-state index in [0.717, 1.165) is 12.1 Å². The highest BCUT2D eigenvalue weighted by Gasteiger charge is 2.37. The van der Waals surface area contributed by atoms with Crippen molar-refractivity contribution in [3.63, 3.8) is 0 Å². The summed E-state index contributed by atoms with van der Waals surface area (Å²) in [6.45, 7) is 1.09. The smallest absolute Gasteiger partial charge is 0.433 e. The lowest BCUT2D eigenvalue weighted by Gasteiger charge is -2.34.